The summed E-state index contributed by atoms with van der Waals surface area (Å²) in [6.45, 7) is -1.06. The molecule has 2 unspecified atom stereocenters. The molecular weight excluding hydrogens is 444 g/mol. The number of piperidine rings is 1. The Morgan fingerprint density at radius 3 is 2.72 bits per heavy atom. The molecule has 0 bridgehead atoms. The Bertz CT molecular complexity index is 1330. The van der Waals surface area contributed by atoms with E-state index in [-0.39, 0.29) is 27.0 Å². The molecule has 2 heterocycles. The number of nitrogens with one attached hydrogen (secondary N) is 2. The first-order valence-corrected chi connectivity index (χ1v) is 9.66. The first kappa shape index (κ1) is 16.3. The van der Waals surface area contributed by atoms with E-state index < -0.39 is 67.0 Å². The van der Waals surface area contributed by atoms with Gasteiger partial charge in [0.15, 0.2) is 1.41 Å². The summed E-state index contributed by atoms with van der Waals surface area (Å²) in [5, 5.41) is 1.99. The maximum Gasteiger partial charge on any atom is 0.349 e. The van der Waals surface area contributed by atoms with E-state index in [0.29, 0.717) is 4.90 Å². The number of imide groups is 1. The number of rotatable bonds is 5. The standard InChI is InChI=1S/C22H18ClF2N3O4/c23-15-4-2-14(3-5-15)22(24,25)21(32)26-10-12-1-6-16-13(9-12)11-28(20(16)31)17-7-8-18(29)27-19(17)30/h1-6,9,17H,7-8,10-11H2,(H,26,32)(H,27,29,30)/i7D2,8D,17D/hD. The molecule has 2 aromatic carbocycles. The van der Waals surface area contributed by atoms with Gasteiger partial charge in [-0.2, -0.15) is 8.78 Å². The van der Waals surface area contributed by atoms with Crippen LogP contribution in [0.5, 0.6) is 0 Å². The van der Waals surface area contributed by atoms with E-state index in [1.807, 2.05) is 0 Å². The smallest absolute Gasteiger partial charge is 0.346 e. The van der Waals surface area contributed by atoms with Gasteiger partial charge in [-0.05, 0) is 35.7 Å². The van der Waals surface area contributed by atoms with Crippen LogP contribution in [0.3, 0.4) is 0 Å². The minimum absolute atomic E-state index is 0.0215. The van der Waals surface area contributed by atoms with Crippen LogP contribution < -0.4 is 10.6 Å². The molecule has 4 amide bonds. The van der Waals surface area contributed by atoms with Crippen LogP contribution >= 0.6 is 11.6 Å². The number of carbonyl (C=O) groups excluding carboxylic acids is 4. The fraction of sp³-hybridized carbons (Fsp3) is 0.273. The lowest BCUT2D eigenvalue weighted by Gasteiger charge is -2.29. The summed E-state index contributed by atoms with van der Waals surface area (Å²) in [4.78, 5) is 50.2. The van der Waals surface area contributed by atoms with E-state index in [1.54, 1.807) is 5.32 Å². The fourth-order valence-corrected chi connectivity index (χ4v) is 3.43. The molecule has 2 N–H and O–H groups in total. The monoisotopic (exact) mass is 466 g/mol. The highest BCUT2D eigenvalue weighted by molar-refractivity contribution is 6.30. The number of hydrogen-bond donors (Lipinski definition) is 2. The van der Waals surface area contributed by atoms with Crippen LogP contribution in [-0.4, -0.2) is 34.5 Å². The molecule has 0 radical (unpaired) electrons. The molecule has 0 aromatic heterocycles. The molecule has 32 heavy (non-hydrogen) atoms. The molecule has 1 fully saturated rings. The molecule has 0 aliphatic carbocycles. The molecule has 4 rings (SSSR count). The minimum Gasteiger partial charge on any atom is -0.346 e. The Morgan fingerprint density at radius 2 is 2.00 bits per heavy atom. The van der Waals surface area contributed by atoms with Crippen molar-refractivity contribution in [3.8, 4) is 0 Å². The van der Waals surface area contributed by atoms with Crippen molar-refractivity contribution in [2.45, 2.75) is 37.8 Å². The van der Waals surface area contributed by atoms with Gasteiger partial charge in [0, 0.05) is 39.7 Å². The molecule has 2 aliphatic heterocycles. The number of alkyl halides is 2. The summed E-state index contributed by atoms with van der Waals surface area (Å²) in [5.41, 5.74) is -0.318. The Labute approximate surface area is 193 Å². The molecular formula is C22H18ClF2N3O4. The summed E-state index contributed by atoms with van der Waals surface area (Å²) in [7, 11) is 0. The molecule has 10 heteroatoms. The van der Waals surface area contributed by atoms with Crippen molar-refractivity contribution in [3.63, 3.8) is 0 Å². The van der Waals surface area contributed by atoms with Gasteiger partial charge in [-0.1, -0.05) is 35.9 Å². The van der Waals surface area contributed by atoms with Crippen molar-refractivity contribution >= 4 is 35.2 Å². The number of halogens is 3. The van der Waals surface area contributed by atoms with Gasteiger partial charge < -0.3 is 10.2 Å². The van der Waals surface area contributed by atoms with E-state index in [2.05, 4.69) is 0 Å². The zero-order valence-corrected chi connectivity index (χ0v) is 17.0. The average molecular weight is 467 g/mol. The summed E-state index contributed by atoms with van der Waals surface area (Å²) < 4.78 is 69.6. The zero-order valence-electron chi connectivity index (χ0n) is 21.2. The van der Waals surface area contributed by atoms with Gasteiger partial charge in [-0.25, -0.2) is 0 Å². The normalized spacial score (nSPS) is 26.8. The van der Waals surface area contributed by atoms with Crippen molar-refractivity contribution in [1.82, 2.24) is 15.5 Å². The van der Waals surface area contributed by atoms with E-state index >= 15 is 0 Å². The second-order valence-corrected chi connectivity index (χ2v) is 7.48. The number of amides is 4. The summed E-state index contributed by atoms with van der Waals surface area (Å²) >= 11 is 5.69. The lowest BCUT2D eigenvalue weighted by atomic mass is 10.0. The fourth-order valence-electron chi connectivity index (χ4n) is 3.31. The van der Waals surface area contributed by atoms with E-state index in [1.165, 1.54) is 30.3 Å². The lowest BCUT2D eigenvalue weighted by Crippen LogP contribution is -2.52. The van der Waals surface area contributed by atoms with Crippen LogP contribution in [-0.2, 0) is 33.4 Å². The van der Waals surface area contributed by atoms with Crippen molar-refractivity contribution < 1.29 is 34.9 Å². The van der Waals surface area contributed by atoms with Crippen molar-refractivity contribution in [1.29, 1.82) is 0 Å². The van der Waals surface area contributed by atoms with Gasteiger partial charge in [0.25, 0.3) is 11.8 Å². The average Bonchev–Trinajstić information content (AvgIpc) is 3.17. The third-order valence-electron chi connectivity index (χ3n) is 4.92. The number of hydrogen-bond acceptors (Lipinski definition) is 4. The van der Waals surface area contributed by atoms with E-state index in [0.717, 1.165) is 12.1 Å². The van der Waals surface area contributed by atoms with Gasteiger partial charge >= 0.3 is 5.92 Å². The van der Waals surface area contributed by atoms with E-state index in [9.17, 15) is 28.0 Å². The van der Waals surface area contributed by atoms with Gasteiger partial charge in [0.05, 0.1) is 1.37 Å². The molecule has 2 aromatic rings. The minimum atomic E-state index is -4.02. The van der Waals surface area contributed by atoms with Crippen LogP contribution in [0.15, 0.2) is 42.5 Å². The summed E-state index contributed by atoms with van der Waals surface area (Å²) in [5.74, 6) is -9.38. The molecule has 166 valence electrons. The van der Waals surface area contributed by atoms with Crippen LogP contribution in [0.2, 0.25) is 6.43 Å². The predicted molar refractivity (Wildman–Crippen MR) is 110 cm³/mol. The molecule has 0 saturated carbocycles. The first-order chi connectivity index (χ1) is 17.1. The molecule has 0 spiro atoms. The number of carbonyl (C=O) groups is 4. The second kappa shape index (κ2) is 8.31. The predicted octanol–water partition coefficient (Wildman–Crippen LogP) is 2.51. The first-order valence-electron chi connectivity index (χ1n) is 11.8. The Balaban J connectivity index is 1.56. The maximum atomic E-state index is 14.6. The Morgan fingerprint density at radius 1 is 1.28 bits per heavy atom. The van der Waals surface area contributed by atoms with Gasteiger partial charge in [0.1, 0.15) is 6.02 Å². The molecule has 2 atom stereocenters. The third-order valence-corrected chi connectivity index (χ3v) is 5.17. The molecule has 2 aliphatic rings. The van der Waals surface area contributed by atoms with Gasteiger partial charge in [-0.15, -0.1) is 0 Å². The Kier molecular flexibility index (Phi) is 4.24. The van der Waals surface area contributed by atoms with Gasteiger partial charge in [0.2, 0.25) is 11.8 Å². The summed E-state index contributed by atoms with van der Waals surface area (Å²) in [6.07, 6.45) is -5.20. The van der Waals surface area contributed by atoms with Crippen LogP contribution in [0.1, 0.15) is 45.3 Å². The second-order valence-electron chi connectivity index (χ2n) is 7.04. The number of nitrogens with zero attached hydrogens (tertiary/aromatic N) is 1. The molecule has 1 saturated heterocycles. The van der Waals surface area contributed by atoms with Crippen molar-refractivity contribution in [2.75, 3.05) is 0 Å². The van der Waals surface area contributed by atoms with E-state index in [4.69, 9.17) is 18.5 Å². The highest BCUT2D eigenvalue weighted by atomic mass is 35.5. The highest BCUT2D eigenvalue weighted by Crippen LogP contribution is 2.30. The van der Waals surface area contributed by atoms with Crippen LogP contribution in [0, 0.1) is 0 Å². The third kappa shape index (κ3) is 4.08. The number of benzene rings is 2. The molecule has 7 nitrogen and oxygen atoms in total. The van der Waals surface area contributed by atoms with Crippen molar-refractivity contribution in [3.05, 3.63) is 69.7 Å². The van der Waals surface area contributed by atoms with Crippen LogP contribution in [0.4, 0.5) is 8.78 Å². The van der Waals surface area contributed by atoms with Gasteiger partial charge in [-0.3, -0.25) is 24.5 Å². The quantitative estimate of drug-likeness (QED) is 0.662. The Hall–Kier alpha value is -3.33. The number of fused-ring (bicyclic) bond motifs is 1. The van der Waals surface area contributed by atoms with Crippen LogP contribution in [0.25, 0.3) is 0 Å². The lowest BCUT2D eigenvalue weighted by molar-refractivity contribution is -0.147. The SMILES string of the molecule is [2H]C1C(=O)NC(=O)C([2H])(N2Cc3cc(CN([2H])C(=O)C(F)(F)c4ccc(Cl)cc4)ccc3C2=O)C1([2H])[2H]. The van der Waals surface area contributed by atoms with Crippen molar-refractivity contribution in [2.24, 2.45) is 0 Å². The largest absolute Gasteiger partial charge is 0.349 e. The summed E-state index contributed by atoms with van der Waals surface area (Å²) in [6, 6.07) is 5.20. The maximum absolute atomic E-state index is 14.6. The topological polar surface area (TPSA) is 95.6 Å². The zero-order chi connectivity index (χ0) is 27.5. The highest BCUT2D eigenvalue weighted by Gasteiger charge is 2.41.